The summed E-state index contributed by atoms with van der Waals surface area (Å²) in [5, 5.41) is 7.71. The van der Waals surface area contributed by atoms with Gasteiger partial charge in [-0.25, -0.2) is 28.1 Å². The lowest BCUT2D eigenvalue weighted by Crippen LogP contribution is -2.47. The molecule has 11 nitrogen and oxygen atoms in total. The summed E-state index contributed by atoms with van der Waals surface area (Å²) in [5.74, 6) is -1.84. The van der Waals surface area contributed by atoms with Crippen molar-refractivity contribution in [3.05, 3.63) is 83.2 Å². The van der Waals surface area contributed by atoms with Gasteiger partial charge < -0.3 is 10.5 Å². The summed E-state index contributed by atoms with van der Waals surface area (Å²) in [6, 6.07) is 10.2. The lowest BCUT2D eigenvalue weighted by Gasteiger charge is -2.35. The van der Waals surface area contributed by atoms with E-state index in [-0.39, 0.29) is 36.1 Å². The number of alkyl halides is 4. The van der Waals surface area contributed by atoms with Gasteiger partial charge in [0.05, 0.1) is 29.4 Å². The van der Waals surface area contributed by atoms with Crippen molar-refractivity contribution in [2.45, 2.75) is 78.9 Å². The van der Waals surface area contributed by atoms with Gasteiger partial charge in [-0.1, -0.05) is 83.5 Å². The van der Waals surface area contributed by atoms with E-state index in [0.717, 1.165) is 11.0 Å². The summed E-state index contributed by atoms with van der Waals surface area (Å²) in [7, 11) is 0. The van der Waals surface area contributed by atoms with Gasteiger partial charge in [0.2, 0.25) is 0 Å². The van der Waals surface area contributed by atoms with Gasteiger partial charge >= 0.3 is 12.5 Å². The molecule has 0 unspecified atom stereocenters. The van der Waals surface area contributed by atoms with E-state index in [9.17, 15) is 27.2 Å². The third-order valence-electron chi connectivity index (χ3n) is 8.15. The van der Waals surface area contributed by atoms with Crippen LogP contribution in [-0.2, 0) is 19.9 Å². The molecule has 2 N–H and O–H groups in total. The Bertz CT molecular complexity index is 1930. The number of hydrogen-bond donors (Lipinski definition) is 1. The number of aliphatic imine (C=N–C) groups is 1. The summed E-state index contributed by atoms with van der Waals surface area (Å²) < 4.78 is 61.2. The second-order valence-electron chi connectivity index (χ2n) is 14.8. The smallest absolute Gasteiger partial charge is 0.333 e. The fourth-order valence-corrected chi connectivity index (χ4v) is 6.26. The summed E-state index contributed by atoms with van der Waals surface area (Å²) in [6.07, 6.45) is 0.837. The Hall–Kier alpha value is -4.79. The largest absolute Gasteiger partial charge is 0.463 e. The standard InChI is InChI=1S/C35H39ClF4N8O3/c1-33(2,3)14-27(49)51-17-26(21-9-12-24(36)25(13-21)48-29(28(37)38)42-19-44-48)47-30(50)35(45-32(47)41,18-34(4,5)6)23-10-7-20(8-11-23)22-15-43-46(16-22)31(39)40/h7-13,15-16,19,26,28,31H,14,17-18H2,1-6H3,(H2,41,45)/t26-,35-/m1/s1. The van der Waals surface area contributed by atoms with E-state index in [2.05, 4.69) is 15.2 Å². The molecule has 0 radical (unpaired) electrons. The zero-order valence-corrected chi connectivity index (χ0v) is 29.7. The van der Waals surface area contributed by atoms with Crippen LogP contribution in [0.4, 0.5) is 17.6 Å². The molecule has 0 saturated carbocycles. The number of esters is 1. The summed E-state index contributed by atoms with van der Waals surface area (Å²) in [6.45, 7) is 8.31. The molecule has 0 bridgehead atoms. The van der Waals surface area contributed by atoms with Crippen molar-refractivity contribution < 1.29 is 31.9 Å². The van der Waals surface area contributed by atoms with Crippen molar-refractivity contribution in [3.63, 3.8) is 0 Å². The molecule has 2 aromatic heterocycles. The maximum atomic E-state index is 14.9. The normalized spacial score (nSPS) is 17.4. The molecule has 1 aliphatic heterocycles. The molecule has 272 valence electrons. The minimum absolute atomic E-state index is 0.0573. The molecular weight excluding hydrogens is 692 g/mol. The highest BCUT2D eigenvalue weighted by atomic mass is 35.5. The zero-order valence-electron chi connectivity index (χ0n) is 28.9. The van der Waals surface area contributed by atoms with Crippen LogP contribution in [0.2, 0.25) is 5.02 Å². The van der Waals surface area contributed by atoms with Gasteiger partial charge in [-0.2, -0.15) is 19.0 Å². The average Bonchev–Trinajstić information content (AvgIpc) is 3.77. The van der Waals surface area contributed by atoms with Crippen LogP contribution < -0.4 is 5.73 Å². The van der Waals surface area contributed by atoms with Crippen molar-refractivity contribution >= 4 is 29.4 Å². The first kappa shape index (κ1) is 37.5. The van der Waals surface area contributed by atoms with Crippen molar-refractivity contribution in [1.82, 2.24) is 29.4 Å². The van der Waals surface area contributed by atoms with Gasteiger partial charge in [0.25, 0.3) is 12.3 Å². The Morgan fingerprint density at radius 2 is 1.67 bits per heavy atom. The minimum atomic E-state index is -2.96. The topological polar surface area (TPSA) is 134 Å². The highest BCUT2D eigenvalue weighted by Gasteiger charge is 2.53. The first-order valence-corrected chi connectivity index (χ1v) is 16.4. The highest BCUT2D eigenvalue weighted by Crippen LogP contribution is 2.45. The number of guanidine groups is 1. The van der Waals surface area contributed by atoms with Crippen LogP contribution in [0.1, 0.15) is 90.4 Å². The SMILES string of the molecule is CC(C)(C)CC(=O)OC[C@H](c1ccc(Cl)c(-n2ncnc2C(F)F)c1)N1C(=O)[C@@](CC(C)(C)C)(c2ccc(-c3cnn(C(F)F)c3)cc2)N=C1N. The van der Waals surface area contributed by atoms with Crippen molar-refractivity contribution in [1.29, 1.82) is 0 Å². The monoisotopic (exact) mass is 730 g/mol. The van der Waals surface area contributed by atoms with E-state index in [0.29, 0.717) is 26.9 Å². The number of nitrogens with zero attached hydrogens (tertiary/aromatic N) is 7. The molecule has 0 spiro atoms. The van der Waals surface area contributed by atoms with Crippen molar-refractivity contribution in [3.8, 4) is 16.8 Å². The maximum Gasteiger partial charge on any atom is 0.333 e. The van der Waals surface area contributed by atoms with E-state index < -0.39 is 53.1 Å². The van der Waals surface area contributed by atoms with Crippen molar-refractivity contribution in [2.75, 3.05) is 6.61 Å². The average molecular weight is 731 g/mol. The van der Waals surface area contributed by atoms with Gasteiger partial charge in [-0.3, -0.25) is 14.5 Å². The summed E-state index contributed by atoms with van der Waals surface area (Å²) in [5.41, 5.74) is 6.14. The Morgan fingerprint density at radius 1 is 0.980 bits per heavy atom. The molecule has 0 fully saturated rings. The Labute approximate surface area is 297 Å². The third-order valence-corrected chi connectivity index (χ3v) is 8.47. The predicted octanol–water partition coefficient (Wildman–Crippen LogP) is 7.63. The van der Waals surface area contributed by atoms with Crippen LogP contribution in [-0.4, -0.2) is 53.9 Å². The van der Waals surface area contributed by atoms with E-state index in [4.69, 9.17) is 27.1 Å². The number of nitrogens with two attached hydrogens (primary N) is 1. The van der Waals surface area contributed by atoms with Gasteiger partial charge in [-0.05, 0) is 46.1 Å². The Morgan fingerprint density at radius 3 is 2.25 bits per heavy atom. The van der Waals surface area contributed by atoms with Crippen LogP contribution in [0.25, 0.3) is 16.8 Å². The molecule has 16 heteroatoms. The van der Waals surface area contributed by atoms with Crippen LogP contribution >= 0.6 is 11.6 Å². The number of carbonyl (C=O) groups is 2. The molecule has 0 aliphatic carbocycles. The third kappa shape index (κ3) is 8.08. The van der Waals surface area contributed by atoms with E-state index >= 15 is 0 Å². The molecule has 2 atom stereocenters. The number of benzene rings is 2. The lowest BCUT2D eigenvalue weighted by atomic mass is 9.75. The molecular formula is C35H39ClF4N8O3. The molecule has 0 saturated heterocycles. The molecule has 1 aliphatic rings. The van der Waals surface area contributed by atoms with Gasteiger partial charge in [-0.15, -0.1) is 0 Å². The maximum absolute atomic E-state index is 14.9. The van der Waals surface area contributed by atoms with E-state index in [1.165, 1.54) is 29.4 Å². The van der Waals surface area contributed by atoms with Crippen LogP contribution in [0.5, 0.6) is 0 Å². The minimum Gasteiger partial charge on any atom is -0.463 e. The van der Waals surface area contributed by atoms with Gasteiger partial charge in [0.15, 0.2) is 17.3 Å². The van der Waals surface area contributed by atoms with Crippen LogP contribution in [0.3, 0.4) is 0 Å². The Kier molecular flexibility index (Phi) is 10.3. The number of rotatable bonds is 11. The number of hydrogen-bond acceptors (Lipinski definition) is 8. The summed E-state index contributed by atoms with van der Waals surface area (Å²) in [4.78, 5) is 37.6. The second-order valence-corrected chi connectivity index (χ2v) is 15.2. The van der Waals surface area contributed by atoms with Gasteiger partial charge in [0.1, 0.15) is 12.9 Å². The number of amides is 1. The van der Waals surface area contributed by atoms with E-state index in [1.54, 1.807) is 30.3 Å². The number of ether oxygens (including phenoxy) is 1. The van der Waals surface area contributed by atoms with Crippen molar-refractivity contribution in [2.24, 2.45) is 21.6 Å². The van der Waals surface area contributed by atoms with E-state index in [1.807, 2.05) is 41.5 Å². The van der Waals surface area contributed by atoms with Gasteiger partial charge in [0, 0.05) is 11.8 Å². The number of halogens is 5. The lowest BCUT2D eigenvalue weighted by molar-refractivity contribution is -0.149. The first-order chi connectivity index (χ1) is 23.8. The molecule has 4 aromatic rings. The second kappa shape index (κ2) is 14.1. The first-order valence-electron chi connectivity index (χ1n) is 16.1. The fraction of sp³-hybridized carbons (Fsp3) is 0.429. The number of aromatic nitrogens is 5. The predicted molar refractivity (Wildman–Crippen MR) is 182 cm³/mol. The fourth-order valence-electron chi connectivity index (χ4n) is 6.07. The molecule has 2 aromatic carbocycles. The molecule has 51 heavy (non-hydrogen) atoms. The molecule has 3 heterocycles. The zero-order chi connectivity index (χ0) is 37.5. The summed E-state index contributed by atoms with van der Waals surface area (Å²) >= 11 is 6.47. The molecule has 5 rings (SSSR count). The van der Waals surface area contributed by atoms with Crippen LogP contribution in [0, 0.1) is 10.8 Å². The highest BCUT2D eigenvalue weighted by molar-refractivity contribution is 6.32. The quantitative estimate of drug-likeness (QED) is 0.124. The Balaban J connectivity index is 1.59. The number of carbonyl (C=O) groups excluding carboxylic acids is 2. The van der Waals surface area contributed by atoms with Crippen LogP contribution in [0.15, 0.2) is 66.2 Å². The molecule has 1 amide bonds.